The van der Waals surface area contributed by atoms with Gasteiger partial charge in [-0.3, -0.25) is 0 Å². The summed E-state index contributed by atoms with van der Waals surface area (Å²) in [6, 6.07) is 11.3. The van der Waals surface area contributed by atoms with E-state index in [9.17, 15) is 4.79 Å². The SMILES string of the molecule is O=C1OC2(CCN(c3nc4ccc(Cl)nc4[nH]3)CC2)c2ccccc21. The molecule has 4 heterocycles. The van der Waals surface area contributed by atoms with E-state index in [0.717, 1.165) is 43.0 Å². The predicted molar refractivity (Wildman–Crippen MR) is 93.9 cm³/mol. The van der Waals surface area contributed by atoms with Crippen LogP contribution in [0.3, 0.4) is 0 Å². The van der Waals surface area contributed by atoms with Gasteiger partial charge in [0.15, 0.2) is 5.65 Å². The van der Waals surface area contributed by atoms with Gasteiger partial charge in [-0.05, 0) is 18.2 Å². The van der Waals surface area contributed by atoms with Gasteiger partial charge in [0.1, 0.15) is 16.3 Å². The fourth-order valence-corrected chi connectivity index (χ4v) is 3.95. The van der Waals surface area contributed by atoms with Crippen LogP contribution in [0.1, 0.15) is 28.8 Å². The van der Waals surface area contributed by atoms with Gasteiger partial charge in [-0.25, -0.2) is 14.8 Å². The second-order valence-corrected chi connectivity index (χ2v) is 6.87. The van der Waals surface area contributed by atoms with Crippen molar-refractivity contribution in [1.29, 1.82) is 0 Å². The molecule has 0 radical (unpaired) electrons. The van der Waals surface area contributed by atoms with Crippen LogP contribution >= 0.6 is 11.6 Å². The van der Waals surface area contributed by atoms with Gasteiger partial charge in [-0.1, -0.05) is 29.8 Å². The Kier molecular flexibility index (Phi) is 3.06. The third kappa shape index (κ3) is 2.21. The number of fused-ring (bicyclic) bond motifs is 3. The van der Waals surface area contributed by atoms with Crippen molar-refractivity contribution in [3.8, 4) is 0 Å². The summed E-state index contributed by atoms with van der Waals surface area (Å²) in [5.74, 6) is 0.559. The van der Waals surface area contributed by atoms with Crippen molar-refractivity contribution in [2.45, 2.75) is 18.4 Å². The molecule has 2 aliphatic rings. The Morgan fingerprint density at radius 1 is 1.12 bits per heavy atom. The van der Waals surface area contributed by atoms with E-state index in [2.05, 4.69) is 19.9 Å². The van der Waals surface area contributed by atoms with Crippen LogP contribution < -0.4 is 4.90 Å². The predicted octanol–water partition coefficient (Wildman–Crippen LogP) is 3.28. The maximum Gasteiger partial charge on any atom is 0.339 e. The van der Waals surface area contributed by atoms with Gasteiger partial charge in [0.25, 0.3) is 0 Å². The highest BCUT2D eigenvalue weighted by Gasteiger charge is 2.47. The fraction of sp³-hybridized carbons (Fsp3) is 0.278. The maximum absolute atomic E-state index is 12.2. The van der Waals surface area contributed by atoms with Crippen LogP contribution in [0.15, 0.2) is 36.4 Å². The van der Waals surface area contributed by atoms with E-state index in [1.807, 2.05) is 30.3 Å². The molecule has 0 aliphatic carbocycles. The molecule has 6 nitrogen and oxygen atoms in total. The van der Waals surface area contributed by atoms with Gasteiger partial charge in [-0.15, -0.1) is 0 Å². The second-order valence-electron chi connectivity index (χ2n) is 6.48. The molecule has 1 N–H and O–H groups in total. The Morgan fingerprint density at radius 3 is 2.76 bits per heavy atom. The normalized spacial score (nSPS) is 18.6. The zero-order chi connectivity index (χ0) is 17.0. The summed E-state index contributed by atoms with van der Waals surface area (Å²) in [4.78, 5) is 26.4. The molecular weight excluding hydrogens is 340 g/mol. The molecule has 1 spiro atoms. The molecule has 3 aromatic rings. The van der Waals surface area contributed by atoms with Crippen LogP contribution in [0, 0.1) is 0 Å². The van der Waals surface area contributed by atoms with Crippen LogP contribution in [0.25, 0.3) is 11.2 Å². The number of hydrogen-bond donors (Lipinski definition) is 1. The van der Waals surface area contributed by atoms with Gasteiger partial charge in [0.05, 0.1) is 5.56 Å². The van der Waals surface area contributed by atoms with Crippen LogP contribution in [0.5, 0.6) is 0 Å². The number of halogens is 1. The quantitative estimate of drug-likeness (QED) is 0.536. The molecule has 0 saturated carbocycles. The lowest BCUT2D eigenvalue weighted by Gasteiger charge is -2.38. The van der Waals surface area contributed by atoms with Gasteiger partial charge in [-0.2, -0.15) is 0 Å². The Balaban J connectivity index is 1.42. The number of aromatic amines is 1. The Hall–Kier alpha value is -2.60. The minimum Gasteiger partial charge on any atom is -0.450 e. The second kappa shape index (κ2) is 5.20. The minimum atomic E-state index is -0.502. The highest BCUT2D eigenvalue weighted by molar-refractivity contribution is 6.29. The van der Waals surface area contributed by atoms with Crippen molar-refractivity contribution in [2.24, 2.45) is 0 Å². The Morgan fingerprint density at radius 2 is 1.92 bits per heavy atom. The number of pyridine rings is 1. The number of H-pyrrole nitrogens is 1. The van der Waals surface area contributed by atoms with Crippen molar-refractivity contribution in [3.63, 3.8) is 0 Å². The lowest BCUT2D eigenvalue weighted by molar-refractivity contribution is -0.0211. The number of imidazole rings is 1. The maximum atomic E-state index is 12.2. The Bertz CT molecular complexity index is 992. The van der Waals surface area contributed by atoms with E-state index in [0.29, 0.717) is 16.4 Å². The number of carbonyl (C=O) groups excluding carboxylic acids is 1. The number of nitrogens with zero attached hydrogens (tertiary/aromatic N) is 3. The van der Waals surface area contributed by atoms with Crippen molar-refractivity contribution in [1.82, 2.24) is 15.0 Å². The summed E-state index contributed by atoms with van der Waals surface area (Å²) in [6.45, 7) is 1.49. The zero-order valence-electron chi connectivity index (χ0n) is 13.3. The molecule has 2 aromatic heterocycles. The number of rotatable bonds is 1. The number of nitrogens with one attached hydrogen (secondary N) is 1. The first-order chi connectivity index (χ1) is 12.1. The molecule has 0 unspecified atom stereocenters. The van der Waals surface area contributed by atoms with E-state index >= 15 is 0 Å². The highest BCUT2D eigenvalue weighted by Crippen LogP contribution is 2.44. The van der Waals surface area contributed by atoms with Gasteiger partial charge < -0.3 is 14.6 Å². The average molecular weight is 355 g/mol. The molecule has 0 amide bonds. The van der Waals surface area contributed by atoms with Crippen LogP contribution in [-0.4, -0.2) is 34.0 Å². The molecule has 2 aliphatic heterocycles. The fourth-order valence-electron chi connectivity index (χ4n) is 3.80. The topological polar surface area (TPSA) is 71.1 Å². The summed E-state index contributed by atoms with van der Waals surface area (Å²) >= 11 is 5.94. The van der Waals surface area contributed by atoms with E-state index in [1.54, 1.807) is 6.07 Å². The van der Waals surface area contributed by atoms with Crippen molar-refractivity contribution < 1.29 is 9.53 Å². The molecule has 7 heteroatoms. The summed E-state index contributed by atoms with van der Waals surface area (Å²) in [5.41, 5.74) is 2.67. The number of piperidine rings is 1. The molecule has 25 heavy (non-hydrogen) atoms. The summed E-state index contributed by atoms with van der Waals surface area (Å²) < 4.78 is 5.79. The van der Waals surface area contributed by atoms with Crippen molar-refractivity contribution in [3.05, 3.63) is 52.7 Å². The van der Waals surface area contributed by atoms with E-state index in [-0.39, 0.29) is 5.97 Å². The zero-order valence-corrected chi connectivity index (χ0v) is 14.1. The lowest BCUT2D eigenvalue weighted by Crippen LogP contribution is -2.43. The average Bonchev–Trinajstić information content (AvgIpc) is 3.16. The number of hydrogen-bond acceptors (Lipinski definition) is 5. The van der Waals surface area contributed by atoms with E-state index < -0.39 is 5.60 Å². The van der Waals surface area contributed by atoms with Crippen molar-refractivity contribution >= 4 is 34.7 Å². The van der Waals surface area contributed by atoms with Gasteiger partial charge in [0, 0.05) is 31.5 Å². The first-order valence-electron chi connectivity index (χ1n) is 8.25. The summed E-state index contributed by atoms with van der Waals surface area (Å²) in [7, 11) is 0. The summed E-state index contributed by atoms with van der Waals surface area (Å²) in [5, 5.41) is 0.440. The van der Waals surface area contributed by atoms with Gasteiger partial charge >= 0.3 is 5.97 Å². The third-order valence-electron chi connectivity index (χ3n) is 5.09. The third-order valence-corrected chi connectivity index (χ3v) is 5.30. The van der Waals surface area contributed by atoms with Crippen molar-refractivity contribution in [2.75, 3.05) is 18.0 Å². The van der Waals surface area contributed by atoms with E-state index in [1.165, 1.54) is 0 Å². The largest absolute Gasteiger partial charge is 0.450 e. The van der Waals surface area contributed by atoms with Crippen LogP contribution in [0.4, 0.5) is 5.95 Å². The van der Waals surface area contributed by atoms with E-state index in [4.69, 9.17) is 16.3 Å². The molecule has 0 bridgehead atoms. The number of aromatic nitrogens is 3. The molecule has 1 saturated heterocycles. The summed E-state index contributed by atoms with van der Waals surface area (Å²) in [6.07, 6.45) is 1.47. The smallest absolute Gasteiger partial charge is 0.339 e. The van der Waals surface area contributed by atoms with Gasteiger partial charge in [0.2, 0.25) is 5.95 Å². The molecule has 126 valence electrons. The minimum absolute atomic E-state index is 0.216. The number of carbonyl (C=O) groups is 1. The standard InChI is InChI=1S/C18H15ClN4O2/c19-14-6-5-13-15(21-14)22-17(20-13)23-9-7-18(8-10-23)12-4-2-1-3-11(12)16(24)25-18/h1-6H,7-10H2,(H,20,21,22). The first kappa shape index (κ1) is 14.7. The lowest BCUT2D eigenvalue weighted by atomic mass is 9.84. The monoisotopic (exact) mass is 354 g/mol. The first-order valence-corrected chi connectivity index (χ1v) is 8.62. The number of benzene rings is 1. The number of esters is 1. The number of ether oxygens (including phenoxy) is 1. The Labute approximate surface area is 148 Å². The number of anilines is 1. The molecule has 1 fully saturated rings. The van der Waals surface area contributed by atoms with Crippen LogP contribution in [-0.2, 0) is 10.3 Å². The molecule has 0 atom stereocenters. The van der Waals surface area contributed by atoms with Crippen LogP contribution in [0.2, 0.25) is 5.15 Å². The highest BCUT2D eigenvalue weighted by atomic mass is 35.5. The molecular formula is C18H15ClN4O2. The molecule has 1 aromatic carbocycles. The molecule has 5 rings (SSSR count).